The van der Waals surface area contributed by atoms with E-state index in [0.717, 1.165) is 25.5 Å². The third-order valence-electron chi connectivity index (χ3n) is 4.22. The number of nitrogens with zero attached hydrogens (tertiary/aromatic N) is 1. The van der Waals surface area contributed by atoms with Crippen molar-refractivity contribution in [2.45, 2.75) is 51.3 Å². The minimum Gasteiger partial charge on any atom is -0.468 e. The molecule has 1 aliphatic heterocycles. The molecule has 2 aliphatic rings. The molecule has 0 amide bonds. The highest BCUT2D eigenvalue weighted by atomic mass is 16.5. The van der Waals surface area contributed by atoms with E-state index < -0.39 is 0 Å². The predicted molar refractivity (Wildman–Crippen MR) is 78.5 cm³/mol. The van der Waals surface area contributed by atoms with Gasteiger partial charge in [0.15, 0.2) is 0 Å². The molecule has 4 heteroatoms. The molecule has 1 N–H and O–H groups in total. The van der Waals surface area contributed by atoms with E-state index in [1.165, 1.54) is 50.8 Å². The molecule has 4 nitrogen and oxygen atoms in total. The molecule has 0 aromatic carbocycles. The van der Waals surface area contributed by atoms with E-state index in [1.807, 2.05) is 6.07 Å². The summed E-state index contributed by atoms with van der Waals surface area (Å²) in [5.41, 5.74) is 1.19. The van der Waals surface area contributed by atoms with Crippen LogP contribution in [0.1, 0.15) is 43.4 Å². The second-order valence-corrected chi connectivity index (χ2v) is 5.98. The third-order valence-corrected chi connectivity index (χ3v) is 4.22. The summed E-state index contributed by atoms with van der Waals surface area (Å²) in [5.74, 6) is 1.04. The maximum atomic E-state index is 5.81. The van der Waals surface area contributed by atoms with Crippen molar-refractivity contribution in [3.8, 4) is 0 Å². The zero-order valence-electron chi connectivity index (χ0n) is 12.3. The number of hydrogen-bond donors (Lipinski definition) is 1. The van der Waals surface area contributed by atoms with Gasteiger partial charge in [-0.1, -0.05) is 6.42 Å². The molecule has 3 rings (SSSR count). The van der Waals surface area contributed by atoms with Crippen molar-refractivity contribution in [2.75, 3.05) is 26.2 Å². The first-order valence-corrected chi connectivity index (χ1v) is 8.00. The molecule has 0 atom stereocenters. The van der Waals surface area contributed by atoms with E-state index in [4.69, 9.17) is 9.15 Å². The van der Waals surface area contributed by atoms with Crippen LogP contribution in [-0.4, -0.2) is 37.2 Å². The first-order valence-electron chi connectivity index (χ1n) is 8.00. The van der Waals surface area contributed by atoms with Gasteiger partial charge in [-0.2, -0.15) is 0 Å². The summed E-state index contributed by atoms with van der Waals surface area (Å²) < 4.78 is 11.4. The lowest BCUT2D eigenvalue weighted by molar-refractivity contribution is 0.0854. The predicted octanol–water partition coefficient (Wildman–Crippen LogP) is 2.53. The van der Waals surface area contributed by atoms with E-state index >= 15 is 0 Å². The normalized spacial score (nSPS) is 20.4. The summed E-state index contributed by atoms with van der Waals surface area (Å²) in [6, 6.07) is 2.75. The Bertz CT molecular complexity index is 395. The van der Waals surface area contributed by atoms with Gasteiger partial charge < -0.3 is 19.4 Å². The highest BCUT2D eigenvalue weighted by Crippen LogP contribution is 2.20. The van der Waals surface area contributed by atoms with Crippen LogP contribution in [0.5, 0.6) is 0 Å². The molecule has 2 heterocycles. The Morgan fingerprint density at radius 2 is 2.10 bits per heavy atom. The third kappa shape index (κ3) is 4.33. The number of nitrogens with one attached hydrogen (secondary N) is 1. The maximum absolute atomic E-state index is 5.81. The van der Waals surface area contributed by atoms with E-state index in [0.29, 0.717) is 12.6 Å². The lowest BCUT2D eigenvalue weighted by Crippen LogP contribution is -2.32. The Hall–Kier alpha value is -0.840. The molecule has 2 fully saturated rings. The average molecular weight is 278 g/mol. The fourth-order valence-corrected chi connectivity index (χ4v) is 2.73. The van der Waals surface area contributed by atoms with Crippen molar-refractivity contribution in [3.05, 3.63) is 23.7 Å². The van der Waals surface area contributed by atoms with Crippen molar-refractivity contribution in [1.82, 2.24) is 10.2 Å². The van der Waals surface area contributed by atoms with Gasteiger partial charge in [0.1, 0.15) is 5.76 Å². The Kier molecular flexibility index (Phi) is 5.12. The molecular weight excluding hydrogens is 252 g/mol. The lowest BCUT2D eigenvalue weighted by Gasteiger charge is -2.26. The first kappa shape index (κ1) is 14.1. The summed E-state index contributed by atoms with van der Waals surface area (Å²) in [6.45, 7) is 5.87. The highest BCUT2D eigenvalue weighted by molar-refractivity contribution is 5.16. The number of ether oxygens (including phenoxy) is 1. The average Bonchev–Trinajstić information content (AvgIpc) is 3.21. The van der Waals surface area contributed by atoms with E-state index in [2.05, 4.69) is 10.2 Å². The second-order valence-electron chi connectivity index (χ2n) is 5.98. The van der Waals surface area contributed by atoms with Crippen LogP contribution in [0.2, 0.25) is 0 Å². The van der Waals surface area contributed by atoms with Gasteiger partial charge in [-0.3, -0.25) is 0 Å². The SMILES string of the molecule is c1cc(COCCN2CCCCC2)c(CNC2CC2)o1. The van der Waals surface area contributed by atoms with Crippen molar-refractivity contribution >= 4 is 0 Å². The maximum Gasteiger partial charge on any atom is 0.123 e. The number of furan rings is 1. The molecule has 112 valence electrons. The number of piperidine rings is 1. The van der Waals surface area contributed by atoms with Crippen molar-refractivity contribution in [2.24, 2.45) is 0 Å². The second kappa shape index (κ2) is 7.25. The number of hydrogen-bond acceptors (Lipinski definition) is 4. The van der Waals surface area contributed by atoms with Gasteiger partial charge in [0.25, 0.3) is 0 Å². The van der Waals surface area contributed by atoms with E-state index in [9.17, 15) is 0 Å². The fraction of sp³-hybridized carbons (Fsp3) is 0.750. The Balaban J connectivity index is 1.33. The van der Waals surface area contributed by atoms with Crippen LogP contribution in [0.3, 0.4) is 0 Å². The molecule has 1 aliphatic carbocycles. The van der Waals surface area contributed by atoms with Crippen LogP contribution in [-0.2, 0) is 17.9 Å². The van der Waals surface area contributed by atoms with Crippen LogP contribution in [0.15, 0.2) is 16.7 Å². The van der Waals surface area contributed by atoms with Crippen molar-refractivity contribution in [1.29, 1.82) is 0 Å². The van der Waals surface area contributed by atoms with Crippen LogP contribution in [0.4, 0.5) is 0 Å². The largest absolute Gasteiger partial charge is 0.468 e. The first-order chi connectivity index (χ1) is 9.92. The van der Waals surface area contributed by atoms with Crippen LogP contribution < -0.4 is 5.32 Å². The van der Waals surface area contributed by atoms with Gasteiger partial charge in [-0.05, 0) is 44.8 Å². The monoisotopic (exact) mass is 278 g/mol. The zero-order chi connectivity index (χ0) is 13.6. The summed E-state index contributed by atoms with van der Waals surface area (Å²) in [6.07, 6.45) is 8.47. The lowest BCUT2D eigenvalue weighted by atomic mass is 10.1. The van der Waals surface area contributed by atoms with Gasteiger partial charge in [0, 0.05) is 18.2 Å². The molecule has 20 heavy (non-hydrogen) atoms. The van der Waals surface area contributed by atoms with Crippen LogP contribution >= 0.6 is 0 Å². The molecule has 1 aromatic rings. The molecule has 1 aromatic heterocycles. The molecular formula is C16H26N2O2. The van der Waals surface area contributed by atoms with Gasteiger partial charge in [-0.25, -0.2) is 0 Å². The molecule has 0 bridgehead atoms. The summed E-state index contributed by atoms with van der Waals surface area (Å²) >= 11 is 0. The minimum absolute atomic E-state index is 0.673. The van der Waals surface area contributed by atoms with Crippen molar-refractivity contribution in [3.63, 3.8) is 0 Å². The smallest absolute Gasteiger partial charge is 0.123 e. The Labute approximate surface area is 121 Å². The zero-order valence-corrected chi connectivity index (χ0v) is 12.3. The van der Waals surface area contributed by atoms with Gasteiger partial charge in [0.2, 0.25) is 0 Å². The van der Waals surface area contributed by atoms with Gasteiger partial charge >= 0.3 is 0 Å². The Morgan fingerprint density at radius 3 is 2.90 bits per heavy atom. The molecule has 1 saturated heterocycles. The highest BCUT2D eigenvalue weighted by Gasteiger charge is 2.21. The topological polar surface area (TPSA) is 37.6 Å². The number of rotatable bonds is 8. The minimum atomic E-state index is 0.673. The van der Waals surface area contributed by atoms with E-state index in [1.54, 1.807) is 6.26 Å². The summed E-state index contributed by atoms with van der Waals surface area (Å²) in [5, 5.41) is 3.48. The molecule has 1 saturated carbocycles. The summed E-state index contributed by atoms with van der Waals surface area (Å²) in [7, 11) is 0. The number of likely N-dealkylation sites (tertiary alicyclic amines) is 1. The van der Waals surface area contributed by atoms with Crippen molar-refractivity contribution < 1.29 is 9.15 Å². The van der Waals surface area contributed by atoms with Crippen LogP contribution in [0, 0.1) is 0 Å². The quantitative estimate of drug-likeness (QED) is 0.742. The Morgan fingerprint density at radius 1 is 1.25 bits per heavy atom. The molecule has 0 unspecified atom stereocenters. The standard InChI is InChI=1S/C16H26N2O2/c1-2-7-18(8-3-1)9-11-19-13-14-6-10-20-16(14)12-17-15-4-5-15/h6,10,15,17H,1-5,7-9,11-13H2. The van der Waals surface area contributed by atoms with E-state index in [-0.39, 0.29) is 0 Å². The molecule has 0 spiro atoms. The van der Waals surface area contributed by atoms with Gasteiger partial charge in [-0.15, -0.1) is 0 Å². The fourth-order valence-electron chi connectivity index (χ4n) is 2.73. The summed E-state index contributed by atoms with van der Waals surface area (Å²) in [4.78, 5) is 2.51. The molecule has 0 radical (unpaired) electrons. The van der Waals surface area contributed by atoms with Gasteiger partial charge in [0.05, 0.1) is 26.0 Å². The van der Waals surface area contributed by atoms with Crippen LogP contribution in [0.25, 0.3) is 0 Å².